The quantitative estimate of drug-likeness (QED) is 0.916. The van der Waals surface area contributed by atoms with E-state index in [1.807, 2.05) is 20.9 Å². The van der Waals surface area contributed by atoms with Gasteiger partial charge in [-0.2, -0.15) is 10.2 Å². The molecule has 0 fully saturated rings. The molecule has 1 aromatic heterocycles. The van der Waals surface area contributed by atoms with E-state index in [2.05, 4.69) is 53.6 Å². The van der Waals surface area contributed by atoms with E-state index >= 15 is 0 Å². The number of aromatic nitrogens is 2. The summed E-state index contributed by atoms with van der Waals surface area (Å²) in [6.07, 6.45) is 0. The Balaban J connectivity index is 2.49. The van der Waals surface area contributed by atoms with Crippen LogP contribution in [0.2, 0.25) is 0 Å². The fourth-order valence-electron chi connectivity index (χ4n) is 2.31. The predicted molar refractivity (Wildman–Crippen MR) is 78.3 cm³/mol. The zero-order valence-corrected chi connectivity index (χ0v) is 12.3. The van der Waals surface area contributed by atoms with Gasteiger partial charge in [-0.05, 0) is 63.1 Å². The van der Waals surface area contributed by atoms with Gasteiger partial charge in [0.2, 0.25) is 0 Å². The summed E-state index contributed by atoms with van der Waals surface area (Å²) < 4.78 is 0. The van der Waals surface area contributed by atoms with Gasteiger partial charge in [-0.15, -0.1) is 0 Å². The molecule has 0 aliphatic carbocycles. The topological polar surface area (TPSA) is 37.8 Å². The van der Waals surface area contributed by atoms with Crippen LogP contribution in [0.15, 0.2) is 24.3 Å². The van der Waals surface area contributed by atoms with Crippen LogP contribution in [0.4, 0.5) is 0 Å². The summed E-state index contributed by atoms with van der Waals surface area (Å²) in [6, 6.07) is 8.86. The number of nitrogens with zero attached hydrogens (tertiary/aromatic N) is 2. The van der Waals surface area contributed by atoms with Gasteiger partial charge in [-0.1, -0.05) is 18.2 Å². The van der Waals surface area contributed by atoms with E-state index in [1.54, 1.807) is 0 Å². The molecular weight excluding hydrogens is 234 g/mol. The molecule has 1 heterocycles. The van der Waals surface area contributed by atoms with Gasteiger partial charge in [-0.3, -0.25) is 0 Å². The second-order valence-electron chi connectivity index (χ2n) is 5.09. The van der Waals surface area contributed by atoms with Gasteiger partial charge in [0, 0.05) is 0 Å². The van der Waals surface area contributed by atoms with Crippen LogP contribution in [0.3, 0.4) is 0 Å². The highest BCUT2D eigenvalue weighted by Gasteiger charge is 2.16. The smallest absolute Gasteiger partial charge is 0.0651 e. The van der Waals surface area contributed by atoms with Gasteiger partial charge in [0.25, 0.3) is 0 Å². The molecule has 0 saturated carbocycles. The summed E-state index contributed by atoms with van der Waals surface area (Å²) in [7, 11) is 1.98. The first-order chi connectivity index (χ1) is 9.02. The van der Waals surface area contributed by atoms with Crippen molar-refractivity contribution in [2.24, 2.45) is 0 Å². The van der Waals surface area contributed by atoms with Crippen molar-refractivity contribution in [3.63, 3.8) is 0 Å². The number of nitrogens with one attached hydrogen (secondary N) is 1. The Kier molecular flexibility index (Phi) is 3.96. The molecule has 3 heteroatoms. The molecule has 0 saturated heterocycles. The highest BCUT2D eigenvalue weighted by Crippen LogP contribution is 2.25. The molecule has 0 spiro atoms. The Bertz CT molecular complexity index is 591. The van der Waals surface area contributed by atoms with Crippen molar-refractivity contribution in [2.75, 3.05) is 7.05 Å². The van der Waals surface area contributed by atoms with Crippen LogP contribution in [-0.4, -0.2) is 17.2 Å². The third-order valence-electron chi connectivity index (χ3n) is 3.60. The van der Waals surface area contributed by atoms with Crippen LogP contribution in [0, 0.1) is 27.7 Å². The van der Waals surface area contributed by atoms with Crippen molar-refractivity contribution < 1.29 is 0 Å². The lowest BCUT2D eigenvalue weighted by Crippen LogP contribution is -2.20. The molecule has 1 N–H and O–H groups in total. The Morgan fingerprint density at radius 2 is 1.68 bits per heavy atom. The van der Waals surface area contributed by atoms with Crippen LogP contribution < -0.4 is 5.32 Å². The fraction of sp³-hybridized carbons (Fsp3) is 0.375. The van der Waals surface area contributed by atoms with Crippen molar-refractivity contribution >= 4 is 0 Å². The van der Waals surface area contributed by atoms with E-state index in [9.17, 15) is 0 Å². The third-order valence-corrected chi connectivity index (χ3v) is 3.60. The molecule has 1 atom stereocenters. The lowest BCUT2D eigenvalue weighted by Gasteiger charge is -2.20. The molecule has 0 bridgehead atoms. The van der Waals surface area contributed by atoms with Crippen LogP contribution in [0.1, 0.15) is 39.7 Å². The van der Waals surface area contributed by atoms with E-state index in [1.165, 1.54) is 22.3 Å². The average Bonchev–Trinajstić information content (AvgIpc) is 2.38. The largest absolute Gasteiger partial charge is 0.309 e. The molecule has 0 amide bonds. The normalized spacial score (nSPS) is 12.5. The maximum atomic E-state index is 4.22. The Morgan fingerprint density at radius 3 is 2.32 bits per heavy atom. The van der Waals surface area contributed by atoms with Gasteiger partial charge in [0.15, 0.2) is 0 Å². The Hall–Kier alpha value is -1.74. The Morgan fingerprint density at radius 1 is 0.947 bits per heavy atom. The number of rotatable bonds is 3. The van der Waals surface area contributed by atoms with E-state index in [-0.39, 0.29) is 6.04 Å². The standard InChI is InChI=1S/C16H21N3/c1-10-6-7-14(8-11(10)2)16(17-5)15-9-12(3)18-19-13(15)4/h6-9,16-17H,1-5H3. The number of hydrogen-bond donors (Lipinski definition) is 1. The predicted octanol–water partition coefficient (Wildman–Crippen LogP) is 3.02. The molecule has 0 aliphatic rings. The average molecular weight is 255 g/mol. The van der Waals surface area contributed by atoms with E-state index in [0.717, 1.165) is 11.4 Å². The van der Waals surface area contributed by atoms with Crippen LogP contribution in [0.25, 0.3) is 0 Å². The molecular formula is C16H21N3. The van der Waals surface area contributed by atoms with Gasteiger partial charge in [0.05, 0.1) is 17.4 Å². The minimum absolute atomic E-state index is 0.161. The maximum Gasteiger partial charge on any atom is 0.0651 e. The number of hydrogen-bond acceptors (Lipinski definition) is 3. The SMILES string of the molecule is CNC(c1ccc(C)c(C)c1)c1cc(C)nnc1C. The monoisotopic (exact) mass is 255 g/mol. The summed E-state index contributed by atoms with van der Waals surface area (Å²) in [4.78, 5) is 0. The minimum Gasteiger partial charge on any atom is -0.309 e. The molecule has 2 aromatic rings. The lowest BCUT2D eigenvalue weighted by atomic mass is 9.95. The first-order valence-corrected chi connectivity index (χ1v) is 6.58. The molecule has 0 radical (unpaired) electrons. The summed E-state index contributed by atoms with van der Waals surface area (Å²) in [5.74, 6) is 0. The second-order valence-corrected chi connectivity index (χ2v) is 5.09. The van der Waals surface area contributed by atoms with E-state index < -0.39 is 0 Å². The molecule has 1 aromatic carbocycles. The number of benzene rings is 1. The van der Waals surface area contributed by atoms with Gasteiger partial charge in [0.1, 0.15) is 0 Å². The van der Waals surface area contributed by atoms with Crippen LogP contribution in [-0.2, 0) is 0 Å². The maximum absolute atomic E-state index is 4.22. The number of aryl methyl sites for hydroxylation is 4. The summed E-state index contributed by atoms with van der Waals surface area (Å²) >= 11 is 0. The summed E-state index contributed by atoms with van der Waals surface area (Å²) in [5, 5.41) is 11.7. The van der Waals surface area contributed by atoms with E-state index in [4.69, 9.17) is 0 Å². The second kappa shape index (κ2) is 5.49. The van der Waals surface area contributed by atoms with Crippen molar-refractivity contribution in [1.82, 2.24) is 15.5 Å². The third kappa shape index (κ3) is 2.82. The van der Waals surface area contributed by atoms with Crippen LogP contribution >= 0.6 is 0 Å². The van der Waals surface area contributed by atoms with Gasteiger partial charge >= 0.3 is 0 Å². The van der Waals surface area contributed by atoms with Gasteiger partial charge < -0.3 is 5.32 Å². The molecule has 0 aliphatic heterocycles. The van der Waals surface area contributed by atoms with Gasteiger partial charge in [-0.25, -0.2) is 0 Å². The van der Waals surface area contributed by atoms with Crippen molar-refractivity contribution in [1.29, 1.82) is 0 Å². The highest BCUT2D eigenvalue weighted by atomic mass is 15.1. The molecule has 3 nitrogen and oxygen atoms in total. The molecule has 1 unspecified atom stereocenters. The summed E-state index contributed by atoms with van der Waals surface area (Å²) in [6.45, 7) is 8.27. The Labute approximate surface area is 115 Å². The van der Waals surface area contributed by atoms with Crippen molar-refractivity contribution in [3.8, 4) is 0 Å². The lowest BCUT2D eigenvalue weighted by molar-refractivity contribution is 0.674. The molecule has 2 rings (SSSR count). The zero-order chi connectivity index (χ0) is 14.0. The molecule has 19 heavy (non-hydrogen) atoms. The zero-order valence-electron chi connectivity index (χ0n) is 12.3. The minimum atomic E-state index is 0.161. The molecule has 100 valence electrons. The van der Waals surface area contributed by atoms with Crippen molar-refractivity contribution in [2.45, 2.75) is 33.7 Å². The van der Waals surface area contributed by atoms with E-state index in [0.29, 0.717) is 0 Å². The van der Waals surface area contributed by atoms with Crippen molar-refractivity contribution in [3.05, 3.63) is 57.9 Å². The highest BCUT2D eigenvalue weighted by molar-refractivity contribution is 5.38. The summed E-state index contributed by atoms with van der Waals surface area (Å²) in [5.41, 5.74) is 7.01. The fourth-order valence-corrected chi connectivity index (χ4v) is 2.31. The first-order valence-electron chi connectivity index (χ1n) is 6.58. The van der Waals surface area contributed by atoms with Crippen LogP contribution in [0.5, 0.6) is 0 Å². The first kappa shape index (κ1) is 13.7.